The number of halogens is 1. The van der Waals surface area contributed by atoms with Crippen molar-refractivity contribution in [3.63, 3.8) is 0 Å². The summed E-state index contributed by atoms with van der Waals surface area (Å²) in [5.41, 5.74) is 1.80. The number of nitrogens with zero attached hydrogens (tertiary/aromatic N) is 4. The van der Waals surface area contributed by atoms with Crippen LogP contribution in [0, 0.1) is 5.82 Å². The smallest absolute Gasteiger partial charge is 0.247 e. The molecule has 2 heterocycles. The number of nitrogens with one attached hydrogen (secondary N) is 1. The summed E-state index contributed by atoms with van der Waals surface area (Å²) in [7, 11) is 1.53. The molecule has 2 aromatic carbocycles. The molecule has 2 amide bonds. The monoisotopic (exact) mass is 465 g/mol. The number of ether oxygens (including phenoxy) is 1. The highest BCUT2D eigenvalue weighted by atomic mass is 19.1. The maximum absolute atomic E-state index is 13.6. The highest BCUT2D eigenvalue weighted by molar-refractivity contribution is 5.89. The van der Waals surface area contributed by atoms with Crippen LogP contribution >= 0.6 is 0 Å². The van der Waals surface area contributed by atoms with E-state index < -0.39 is 17.8 Å². The number of amides is 2. The maximum Gasteiger partial charge on any atom is 0.247 e. The predicted octanol–water partition coefficient (Wildman–Crippen LogP) is 2.70. The minimum absolute atomic E-state index is 0.0260. The van der Waals surface area contributed by atoms with Crippen LogP contribution in [0.5, 0.6) is 0 Å². The number of carbonyl (C=O) groups is 2. The van der Waals surface area contributed by atoms with Crippen LogP contribution in [0.4, 0.5) is 4.39 Å². The molecule has 0 spiro atoms. The molecule has 9 nitrogen and oxygen atoms in total. The molecule has 1 unspecified atom stereocenters. The Kier molecular flexibility index (Phi) is 7.28. The highest BCUT2D eigenvalue weighted by Gasteiger charge is 2.32. The Morgan fingerprint density at radius 3 is 2.68 bits per heavy atom. The third-order valence-electron chi connectivity index (χ3n) is 5.28. The minimum atomic E-state index is -1.04. The normalized spacial score (nSPS) is 11.9. The van der Waals surface area contributed by atoms with E-state index in [1.807, 2.05) is 18.2 Å². The standard InChI is InChI=1S/C24H24FN5O4/c1-33-14-12-26-24(32)23(17-8-10-18(25)11-9-17)29(15-19-5-4-13-34-19)22(31)16-30-21-7-3-2-6-20(21)27-28-30/h2-11,13,23H,12,14-16H2,1H3,(H,26,32). The van der Waals surface area contributed by atoms with E-state index in [2.05, 4.69) is 15.6 Å². The summed E-state index contributed by atoms with van der Waals surface area (Å²) in [4.78, 5) is 28.3. The van der Waals surface area contributed by atoms with Gasteiger partial charge in [-0.05, 0) is 42.0 Å². The predicted molar refractivity (Wildman–Crippen MR) is 121 cm³/mol. The molecule has 34 heavy (non-hydrogen) atoms. The van der Waals surface area contributed by atoms with Crippen LogP contribution in [0.15, 0.2) is 71.3 Å². The van der Waals surface area contributed by atoms with Gasteiger partial charge in [-0.3, -0.25) is 9.59 Å². The van der Waals surface area contributed by atoms with Gasteiger partial charge in [0.05, 0.1) is 24.9 Å². The molecule has 0 fully saturated rings. The van der Waals surface area contributed by atoms with Gasteiger partial charge in [-0.15, -0.1) is 5.10 Å². The zero-order valence-electron chi connectivity index (χ0n) is 18.6. The van der Waals surface area contributed by atoms with Crippen molar-refractivity contribution in [2.75, 3.05) is 20.3 Å². The van der Waals surface area contributed by atoms with E-state index in [-0.39, 0.29) is 25.5 Å². The van der Waals surface area contributed by atoms with Crippen LogP contribution in [0.25, 0.3) is 11.0 Å². The number of hydrogen-bond acceptors (Lipinski definition) is 6. The van der Waals surface area contributed by atoms with Crippen molar-refractivity contribution in [2.45, 2.75) is 19.1 Å². The highest BCUT2D eigenvalue weighted by Crippen LogP contribution is 2.25. The van der Waals surface area contributed by atoms with Gasteiger partial charge in [0.15, 0.2) is 0 Å². The zero-order chi connectivity index (χ0) is 23.9. The number of furan rings is 1. The molecule has 0 aliphatic rings. The summed E-state index contributed by atoms with van der Waals surface area (Å²) in [5.74, 6) is -0.760. The Bertz CT molecular complexity index is 1240. The quantitative estimate of drug-likeness (QED) is 0.361. The van der Waals surface area contributed by atoms with Crippen LogP contribution in [0.2, 0.25) is 0 Å². The molecule has 4 rings (SSSR count). The number of benzene rings is 2. The van der Waals surface area contributed by atoms with E-state index in [0.717, 1.165) is 0 Å². The van der Waals surface area contributed by atoms with Crippen molar-refractivity contribution in [1.29, 1.82) is 0 Å². The molecule has 176 valence electrons. The minimum Gasteiger partial charge on any atom is -0.467 e. The average molecular weight is 465 g/mol. The van der Waals surface area contributed by atoms with Gasteiger partial charge in [-0.1, -0.05) is 29.5 Å². The molecule has 0 saturated heterocycles. The van der Waals surface area contributed by atoms with Crippen LogP contribution in [0.1, 0.15) is 17.4 Å². The molecule has 1 N–H and O–H groups in total. The second kappa shape index (κ2) is 10.7. The first-order chi connectivity index (χ1) is 16.6. The first kappa shape index (κ1) is 23.1. The second-order valence-electron chi connectivity index (χ2n) is 7.57. The Morgan fingerprint density at radius 2 is 1.94 bits per heavy atom. The summed E-state index contributed by atoms with van der Waals surface area (Å²) in [6.45, 7) is 0.435. The van der Waals surface area contributed by atoms with Crippen molar-refractivity contribution in [3.8, 4) is 0 Å². The van der Waals surface area contributed by atoms with Gasteiger partial charge >= 0.3 is 0 Å². The van der Waals surface area contributed by atoms with E-state index in [0.29, 0.717) is 29.0 Å². The van der Waals surface area contributed by atoms with Crippen LogP contribution < -0.4 is 5.32 Å². The Balaban J connectivity index is 1.69. The Morgan fingerprint density at radius 1 is 1.15 bits per heavy atom. The molecule has 2 aromatic heterocycles. The lowest BCUT2D eigenvalue weighted by molar-refractivity contribution is -0.142. The van der Waals surface area contributed by atoms with Crippen LogP contribution in [-0.4, -0.2) is 52.0 Å². The molecule has 0 aliphatic carbocycles. The van der Waals surface area contributed by atoms with Gasteiger partial charge in [0.1, 0.15) is 29.7 Å². The lowest BCUT2D eigenvalue weighted by Crippen LogP contribution is -2.45. The molecule has 0 aliphatic heterocycles. The third kappa shape index (κ3) is 5.29. The molecule has 1 atom stereocenters. The van der Waals surface area contributed by atoms with E-state index in [1.54, 1.807) is 18.2 Å². The molecule has 0 bridgehead atoms. The molecule has 0 saturated carbocycles. The number of fused-ring (bicyclic) bond motifs is 1. The van der Waals surface area contributed by atoms with Gasteiger partial charge in [-0.2, -0.15) is 0 Å². The molecular weight excluding hydrogens is 441 g/mol. The topological polar surface area (TPSA) is 102 Å². The van der Waals surface area contributed by atoms with Gasteiger partial charge in [0.2, 0.25) is 11.8 Å². The number of hydrogen-bond donors (Lipinski definition) is 1. The van der Waals surface area contributed by atoms with Crippen LogP contribution in [0.3, 0.4) is 0 Å². The van der Waals surface area contributed by atoms with Crippen molar-refractivity contribution in [1.82, 2.24) is 25.2 Å². The summed E-state index contributed by atoms with van der Waals surface area (Å²) in [6.07, 6.45) is 1.49. The largest absolute Gasteiger partial charge is 0.467 e. The fourth-order valence-corrected chi connectivity index (χ4v) is 3.64. The fraction of sp³-hybridized carbons (Fsp3) is 0.250. The number of carbonyl (C=O) groups excluding carboxylic acids is 2. The third-order valence-corrected chi connectivity index (χ3v) is 5.28. The molecule has 0 radical (unpaired) electrons. The zero-order valence-corrected chi connectivity index (χ0v) is 18.6. The van der Waals surface area contributed by atoms with E-state index in [9.17, 15) is 14.0 Å². The summed E-state index contributed by atoms with van der Waals surface area (Å²) in [6, 6.07) is 15.2. The summed E-state index contributed by atoms with van der Waals surface area (Å²) in [5, 5.41) is 11.0. The lowest BCUT2D eigenvalue weighted by Gasteiger charge is -2.31. The Labute approximate surface area is 195 Å². The van der Waals surface area contributed by atoms with E-state index >= 15 is 0 Å². The molecular formula is C24H24FN5O4. The van der Waals surface area contributed by atoms with Gasteiger partial charge in [-0.25, -0.2) is 9.07 Å². The average Bonchev–Trinajstić information content (AvgIpc) is 3.50. The first-order valence-corrected chi connectivity index (χ1v) is 10.7. The number of para-hydroxylation sites is 1. The van der Waals surface area contributed by atoms with Crippen molar-refractivity contribution < 1.29 is 23.1 Å². The van der Waals surface area contributed by atoms with Gasteiger partial charge in [0, 0.05) is 13.7 Å². The second-order valence-corrected chi connectivity index (χ2v) is 7.57. The van der Waals surface area contributed by atoms with Crippen molar-refractivity contribution in [2.24, 2.45) is 0 Å². The van der Waals surface area contributed by atoms with Gasteiger partial charge in [0.25, 0.3) is 0 Å². The van der Waals surface area contributed by atoms with Crippen molar-refractivity contribution >= 4 is 22.8 Å². The summed E-state index contributed by atoms with van der Waals surface area (Å²) >= 11 is 0. The van der Waals surface area contributed by atoms with Crippen LogP contribution in [-0.2, 0) is 27.4 Å². The van der Waals surface area contributed by atoms with Gasteiger partial charge < -0.3 is 19.4 Å². The van der Waals surface area contributed by atoms with E-state index in [4.69, 9.17) is 9.15 Å². The molecule has 10 heteroatoms. The maximum atomic E-state index is 13.6. The van der Waals surface area contributed by atoms with E-state index in [1.165, 1.54) is 47.2 Å². The number of aromatic nitrogens is 3. The number of rotatable bonds is 10. The lowest BCUT2D eigenvalue weighted by atomic mass is 10.0. The fourth-order valence-electron chi connectivity index (χ4n) is 3.64. The number of methoxy groups -OCH3 is 1. The summed E-state index contributed by atoms with van der Waals surface area (Å²) < 4.78 is 25.6. The first-order valence-electron chi connectivity index (χ1n) is 10.7. The Hall–Kier alpha value is -4.05. The van der Waals surface area contributed by atoms with Crippen molar-refractivity contribution in [3.05, 3.63) is 84.1 Å². The molecule has 4 aromatic rings. The SMILES string of the molecule is COCCNC(=O)C(c1ccc(F)cc1)N(Cc1ccco1)C(=O)Cn1nnc2ccccc21.